The number of carbonyl (C=O) groups excluding carboxylic acids is 1. The van der Waals surface area contributed by atoms with Crippen LogP contribution in [0.1, 0.15) is 19.3 Å². The molecule has 7 nitrogen and oxygen atoms in total. The first-order valence-corrected chi connectivity index (χ1v) is 5.99. The fraction of sp³-hybridized carbons (Fsp3) is 0.417. The summed E-state index contributed by atoms with van der Waals surface area (Å²) in [6.07, 6.45) is 1.49. The second kappa shape index (κ2) is 7.27. The van der Waals surface area contributed by atoms with Crippen molar-refractivity contribution in [3.05, 3.63) is 28.1 Å². The Labute approximate surface area is 115 Å². The van der Waals surface area contributed by atoms with Crippen molar-refractivity contribution in [2.75, 3.05) is 19.0 Å². The molecule has 20 heavy (non-hydrogen) atoms. The van der Waals surface area contributed by atoms with Crippen LogP contribution in [0.3, 0.4) is 0 Å². The lowest BCUT2D eigenvalue weighted by molar-refractivity contribution is -0.385. The Morgan fingerprint density at radius 3 is 2.75 bits per heavy atom. The average molecular weight is 285 g/mol. The van der Waals surface area contributed by atoms with Gasteiger partial charge in [-0.3, -0.25) is 14.9 Å². The maximum atomic E-state index is 13.7. The summed E-state index contributed by atoms with van der Waals surface area (Å²) >= 11 is 0. The van der Waals surface area contributed by atoms with E-state index in [1.165, 1.54) is 13.2 Å². The molecule has 0 radical (unpaired) electrons. The molecule has 0 spiro atoms. The molecular weight excluding hydrogens is 269 g/mol. The van der Waals surface area contributed by atoms with Crippen LogP contribution in [0.15, 0.2) is 12.1 Å². The van der Waals surface area contributed by atoms with E-state index in [-0.39, 0.29) is 23.8 Å². The van der Waals surface area contributed by atoms with Crippen LogP contribution in [0.25, 0.3) is 0 Å². The van der Waals surface area contributed by atoms with Crippen LogP contribution in [0.2, 0.25) is 0 Å². The van der Waals surface area contributed by atoms with Gasteiger partial charge in [-0.25, -0.2) is 4.39 Å². The topological polar surface area (TPSA) is 107 Å². The molecule has 0 saturated carbocycles. The Hall–Kier alpha value is -2.38. The highest BCUT2D eigenvalue weighted by molar-refractivity contribution is 5.73. The van der Waals surface area contributed by atoms with Crippen molar-refractivity contribution in [3.8, 4) is 5.75 Å². The Morgan fingerprint density at radius 1 is 1.50 bits per heavy atom. The minimum atomic E-state index is -0.729. The first kappa shape index (κ1) is 15.7. The number of nitro groups is 1. The highest BCUT2D eigenvalue weighted by Crippen LogP contribution is 2.32. The SMILES string of the molecule is COc1cc(NCCCCC(N)=O)c(F)cc1[N+](=O)[O-]. The molecule has 0 heterocycles. The van der Waals surface area contributed by atoms with Crippen molar-refractivity contribution in [3.63, 3.8) is 0 Å². The molecule has 0 aromatic heterocycles. The number of halogens is 1. The van der Waals surface area contributed by atoms with Gasteiger partial charge in [-0.05, 0) is 12.8 Å². The van der Waals surface area contributed by atoms with Crippen LogP contribution >= 0.6 is 0 Å². The molecule has 3 N–H and O–H groups in total. The number of hydrogen-bond donors (Lipinski definition) is 2. The number of hydrogen-bond acceptors (Lipinski definition) is 5. The number of methoxy groups -OCH3 is 1. The van der Waals surface area contributed by atoms with E-state index < -0.39 is 16.4 Å². The standard InChI is InChI=1S/C12H16FN3O4/c1-20-11-7-9(8(13)6-10(11)16(18)19)15-5-3-2-4-12(14)17/h6-7,15H,2-5H2,1H3,(H2,14,17). The van der Waals surface area contributed by atoms with Gasteiger partial charge in [0.05, 0.1) is 23.8 Å². The molecule has 0 aliphatic carbocycles. The number of anilines is 1. The number of nitrogens with zero attached hydrogens (tertiary/aromatic N) is 1. The second-order valence-electron chi connectivity index (χ2n) is 4.11. The van der Waals surface area contributed by atoms with Crippen molar-refractivity contribution in [2.45, 2.75) is 19.3 Å². The van der Waals surface area contributed by atoms with Crippen molar-refractivity contribution >= 4 is 17.3 Å². The zero-order valence-electron chi connectivity index (χ0n) is 11.0. The molecular formula is C12H16FN3O4. The molecule has 0 fully saturated rings. The number of amides is 1. The quantitative estimate of drug-likeness (QED) is 0.430. The summed E-state index contributed by atoms with van der Waals surface area (Å²) in [5, 5.41) is 13.5. The number of ether oxygens (including phenoxy) is 1. The largest absolute Gasteiger partial charge is 0.490 e. The number of rotatable bonds is 8. The summed E-state index contributed by atoms with van der Waals surface area (Å²) in [7, 11) is 1.27. The van der Waals surface area contributed by atoms with Crippen LogP contribution < -0.4 is 15.8 Å². The van der Waals surface area contributed by atoms with Crippen LogP contribution in [0, 0.1) is 15.9 Å². The van der Waals surface area contributed by atoms with Crippen molar-refractivity contribution < 1.29 is 18.8 Å². The van der Waals surface area contributed by atoms with E-state index >= 15 is 0 Å². The van der Waals surface area contributed by atoms with Gasteiger partial charge < -0.3 is 15.8 Å². The molecule has 0 aliphatic rings. The van der Waals surface area contributed by atoms with E-state index in [0.717, 1.165) is 6.07 Å². The number of carbonyl (C=O) groups is 1. The lowest BCUT2D eigenvalue weighted by Gasteiger charge is -2.09. The van der Waals surface area contributed by atoms with Gasteiger partial charge in [0, 0.05) is 19.0 Å². The van der Waals surface area contributed by atoms with Crippen molar-refractivity contribution in [1.29, 1.82) is 0 Å². The summed E-state index contributed by atoms with van der Waals surface area (Å²) in [5.74, 6) is -1.13. The van der Waals surface area contributed by atoms with E-state index in [4.69, 9.17) is 10.5 Å². The summed E-state index contributed by atoms with van der Waals surface area (Å²) in [6.45, 7) is 0.422. The van der Waals surface area contributed by atoms with Crippen LogP contribution in [-0.4, -0.2) is 24.5 Å². The molecule has 0 unspecified atom stereocenters. The molecule has 0 bridgehead atoms. The van der Waals surface area contributed by atoms with E-state index in [1.54, 1.807) is 0 Å². The van der Waals surface area contributed by atoms with E-state index in [0.29, 0.717) is 19.4 Å². The third-order valence-corrected chi connectivity index (χ3v) is 2.63. The fourth-order valence-electron chi connectivity index (χ4n) is 1.63. The van der Waals surface area contributed by atoms with Gasteiger partial charge in [-0.15, -0.1) is 0 Å². The summed E-state index contributed by atoms with van der Waals surface area (Å²) < 4.78 is 18.5. The van der Waals surface area contributed by atoms with Gasteiger partial charge >= 0.3 is 5.69 Å². The van der Waals surface area contributed by atoms with Gasteiger partial charge in [0.2, 0.25) is 5.91 Å². The van der Waals surface area contributed by atoms with E-state index in [2.05, 4.69) is 5.32 Å². The molecule has 8 heteroatoms. The zero-order chi connectivity index (χ0) is 15.1. The Kier molecular flexibility index (Phi) is 5.70. The third kappa shape index (κ3) is 4.38. The van der Waals surface area contributed by atoms with Gasteiger partial charge in [0.15, 0.2) is 11.6 Å². The maximum absolute atomic E-state index is 13.7. The molecule has 1 aromatic carbocycles. The third-order valence-electron chi connectivity index (χ3n) is 2.63. The monoisotopic (exact) mass is 285 g/mol. The van der Waals surface area contributed by atoms with E-state index in [1.807, 2.05) is 0 Å². The number of nitrogens with two attached hydrogens (primary N) is 1. The summed E-state index contributed by atoms with van der Waals surface area (Å²) in [5.41, 5.74) is 4.68. The Bertz CT molecular complexity index is 508. The molecule has 1 amide bonds. The molecule has 0 aliphatic heterocycles. The average Bonchev–Trinajstić information content (AvgIpc) is 2.39. The summed E-state index contributed by atoms with van der Waals surface area (Å²) in [6, 6.07) is 2.05. The highest BCUT2D eigenvalue weighted by Gasteiger charge is 2.18. The van der Waals surface area contributed by atoms with Gasteiger partial charge in [0.25, 0.3) is 0 Å². The number of nitrogens with one attached hydrogen (secondary N) is 1. The Morgan fingerprint density at radius 2 is 2.20 bits per heavy atom. The smallest absolute Gasteiger partial charge is 0.313 e. The Balaban J connectivity index is 2.66. The predicted octanol–water partition coefficient (Wildman–Crippen LogP) is 1.81. The van der Waals surface area contributed by atoms with Crippen LogP contribution in [-0.2, 0) is 4.79 Å². The number of nitro benzene ring substituents is 1. The normalized spacial score (nSPS) is 10.1. The van der Waals surface area contributed by atoms with Crippen molar-refractivity contribution in [1.82, 2.24) is 0 Å². The first-order chi connectivity index (χ1) is 9.45. The van der Waals surface area contributed by atoms with Crippen LogP contribution in [0.4, 0.5) is 15.8 Å². The minimum absolute atomic E-state index is 0.0176. The zero-order valence-corrected chi connectivity index (χ0v) is 11.0. The minimum Gasteiger partial charge on any atom is -0.490 e. The van der Waals surface area contributed by atoms with Crippen LogP contribution in [0.5, 0.6) is 5.75 Å². The van der Waals surface area contributed by atoms with Crippen molar-refractivity contribution in [2.24, 2.45) is 5.73 Å². The first-order valence-electron chi connectivity index (χ1n) is 5.99. The molecule has 0 saturated heterocycles. The highest BCUT2D eigenvalue weighted by atomic mass is 19.1. The number of primary amides is 1. The molecule has 110 valence electrons. The fourth-order valence-corrected chi connectivity index (χ4v) is 1.63. The lowest BCUT2D eigenvalue weighted by atomic mass is 10.2. The maximum Gasteiger partial charge on any atom is 0.313 e. The number of benzene rings is 1. The molecule has 1 rings (SSSR count). The van der Waals surface area contributed by atoms with Gasteiger partial charge in [0.1, 0.15) is 0 Å². The van der Waals surface area contributed by atoms with Gasteiger partial charge in [-0.1, -0.05) is 0 Å². The molecule has 1 aromatic rings. The predicted molar refractivity (Wildman–Crippen MR) is 71.1 cm³/mol. The number of unbranched alkanes of at least 4 members (excludes halogenated alkanes) is 1. The lowest BCUT2D eigenvalue weighted by Crippen LogP contribution is -2.11. The molecule has 0 atom stereocenters. The second-order valence-corrected chi connectivity index (χ2v) is 4.11. The van der Waals surface area contributed by atoms with E-state index in [9.17, 15) is 19.3 Å². The summed E-state index contributed by atoms with van der Waals surface area (Å²) in [4.78, 5) is 20.5. The van der Waals surface area contributed by atoms with Gasteiger partial charge in [-0.2, -0.15) is 0 Å².